The third kappa shape index (κ3) is 2.73. The zero-order valence-electron chi connectivity index (χ0n) is 14.1. The van der Waals surface area contributed by atoms with E-state index in [0.29, 0.717) is 5.91 Å². The number of benzene rings is 2. The van der Waals surface area contributed by atoms with Crippen LogP contribution in [0.1, 0.15) is 36.9 Å². The lowest BCUT2D eigenvalue weighted by Gasteiger charge is -2.23. The lowest BCUT2D eigenvalue weighted by molar-refractivity contribution is -0.132. The maximum atomic E-state index is 12.9. The Morgan fingerprint density at radius 2 is 1.71 bits per heavy atom. The molecule has 2 aromatic rings. The van der Waals surface area contributed by atoms with E-state index in [-0.39, 0.29) is 17.5 Å². The number of carbonyl (C=O) groups excluding carboxylic acids is 1. The van der Waals surface area contributed by atoms with Gasteiger partial charge in [0, 0.05) is 25.2 Å². The molecule has 0 aromatic heterocycles. The smallest absolute Gasteiger partial charge is 0.230 e. The van der Waals surface area contributed by atoms with Gasteiger partial charge in [-0.25, -0.2) is 0 Å². The van der Waals surface area contributed by atoms with Crippen LogP contribution in [0, 0.1) is 5.41 Å². The van der Waals surface area contributed by atoms with Gasteiger partial charge in [0.2, 0.25) is 5.91 Å². The zero-order valence-corrected chi connectivity index (χ0v) is 14.1. The fourth-order valence-electron chi connectivity index (χ4n) is 3.93. The Balaban J connectivity index is 1.47. The summed E-state index contributed by atoms with van der Waals surface area (Å²) < 4.78 is 0. The molecule has 3 heteroatoms. The van der Waals surface area contributed by atoms with Crippen molar-refractivity contribution in [3.63, 3.8) is 0 Å². The maximum Gasteiger partial charge on any atom is 0.230 e. The van der Waals surface area contributed by atoms with Crippen molar-refractivity contribution in [2.75, 3.05) is 6.54 Å². The largest absolute Gasteiger partial charge is 0.336 e. The molecule has 1 N–H and O–H groups in total. The first-order chi connectivity index (χ1) is 11.7. The number of amides is 1. The number of rotatable bonds is 5. The standard InChI is InChI=1S/C21H24N2O/c1-16(18-10-6-3-7-11-18)22-19-15-23(20(24)21(19)12-13-21)14-17-8-4-2-5-9-17/h2-11,16,19,22H,12-15H2,1H3/t16-,19?/m0/s1. The van der Waals surface area contributed by atoms with E-state index >= 15 is 0 Å². The molecule has 1 saturated heterocycles. The van der Waals surface area contributed by atoms with Crippen molar-refractivity contribution >= 4 is 5.91 Å². The van der Waals surface area contributed by atoms with E-state index in [0.717, 1.165) is 25.9 Å². The van der Waals surface area contributed by atoms with Gasteiger partial charge in [-0.3, -0.25) is 4.79 Å². The molecule has 2 fully saturated rings. The van der Waals surface area contributed by atoms with Gasteiger partial charge in [-0.1, -0.05) is 60.7 Å². The van der Waals surface area contributed by atoms with Gasteiger partial charge in [0.1, 0.15) is 0 Å². The minimum absolute atomic E-state index is 0.141. The molecule has 3 nitrogen and oxygen atoms in total. The summed E-state index contributed by atoms with van der Waals surface area (Å²) in [6.45, 7) is 3.72. The topological polar surface area (TPSA) is 32.3 Å². The molecule has 1 heterocycles. The lowest BCUT2D eigenvalue weighted by Crippen LogP contribution is -2.39. The number of carbonyl (C=O) groups is 1. The summed E-state index contributed by atoms with van der Waals surface area (Å²) in [5.41, 5.74) is 2.35. The van der Waals surface area contributed by atoms with Crippen LogP contribution in [0.15, 0.2) is 60.7 Å². The minimum atomic E-state index is -0.141. The molecule has 0 bridgehead atoms. The first-order valence-electron chi connectivity index (χ1n) is 8.83. The van der Waals surface area contributed by atoms with Crippen LogP contribution >= 0.6 is 0 Å². The Kier molecular flexibility index (Phi) is 3.89. The van der Waals surface area contributed by atoms with Crippen LogP contribution in [-0.2, 0) is 11.3 Å². The number of likely N-dealkylation sites (tertiary alicyclic amines) is 1. The van der Waals surface area contributed by atoms with E-state index in [9.17, 15) is 4.79 Å². The molecule has 1 amide bonds. The van der Waals surface area contributed by atoms with Gasteiger partial charge in [0.15, 0.2) is 0 Å². The van der Waals surface area contributed by atoms with Crippen LogP contribution < -0.4 is 5.32 Å². The fraction of sp³-hybridized carbons (Fsp3) is 0.381. The summed E-state index contributed by atoms with van der Waals surface area (Å²) >= 11 is 0. The van der Waals surface area contributed by atoms with Gasteiger partial charge in [-0.2, -0.15) is 0 Å². The molecule has 1 aliphatic carbocycles. The van der Waals surface area contributed by atoms with E-state index in [1.54, 1.807) is 0 Å². The summed E-state index contributed by atoms with van der Waals surface area (Å²) in [4.78, 5) is 14.9. The monoisotopic (exact) mass is 320 g/mol. The molecular formula is C21H24N2O. The second-order valence-corrected chi connectivity index (χ2v) is 7.18. The van der Waals surface area contributed by atoms with E-state index in [2.05, 4.69) is 48.6 Å². The summed E-state index contributed by atoms with van der Waals surface area (Å²) in [6, 6.07) is 21.3. The fourth-order valence-corrected chi connectivity index (χ4v) is 3.93. The van der Waals surface area contributed by atoms with Crippen LogP contribution in [0.3, 0.4) is 0 Å². The van der Waals surface area contributed by atoms with Gasteiger partial charge >= 0.3 is 0 Å². The quantitative estimate of drug-likeness (QED) is 0.914. The van der Waals surface area contributed by atoms with Gasteiger partial charge in [-0.15, -0.1) is 0 Å². The van der Waals surface area contributed by atoms with E-state index < -0.39 is 0 Å². The summed E-state index contributed by atoms with van der Waals surface area (Å²) in [7, 11) is 0. The SMILES string of the molecule is C[C@H](NC1CN(Cc2ccccc2)C(=O)C12CC2)c1ccccc1. The second kappa shape index (κ2) is 6.06. The molecule has 1 aliphatic heterocycles. The van der Waals surface area contributed by atoms with E-state index in [1.807, 2.05) is 29.2 Å². The highest BCUT2D eigenvalue weighted by Gasteiger charge is 2.61. The summed E-state index contributed by atoms with van der Waals surface area (Å²) in [5, 5.41) is 3.73. The molecule has 1 spiro atoms. The molecule has 124 valence electrons. The highest BCUT2D eigenvalue weighted by atomic mass is 16.2. The molecular weight excluding hydrogens is 296 g/mol. The highest BCUT2D eigenvalue weighted by molar-refractivity contribution is 5.88. The van der Waals surface area contributed by atoms with Gasteiger partial charge in [-0.05, 0) is 30.9 Å². The van der Waals surface area contributed by atoms with Gasteiger partial charge < -0.3 is 10.2 Å². The molecule has 2 aromatic carbocycles. The number of nitrogens with one attached hydrogen (secondary N) is 1. The molecule has 4 rings (SSSR count). The lowest BCUT2D eigenvalue weighted by atomic mass is 9.98. The second-order valence-electron chi connectivity index (χ2n) is 7.18. The third-order valence-electron chi connectivity index (χ3n) is 5.54. The molecule has 1 saturated carbocycles. The highest BCUT2D eigenvalue weighted by Crippen LogP contribution is 2.54. The predicted molar refractivity (Wildman–Crippen MR) is 95.3 cm³/mol. The van der Waals surface area contributed by atoms with Gasteiger partial charge in [0.05, 0.1) is 5.41 Å². The van der Waals surface area contributed by atoms with Crippen molar-refractivity contribution in [3.8, 4) is 0 Å². The Morgan fingerprint density at radius 3 is 2.33 bits per heavy atom. The molecule has 2 aliphatic rings. The summed E-state index contributed by atoms with van der Waals surface area (Å²) in [6.07, 6.45) is 2.05. The Labute approximate surface area is 143 Å². The Bertz CT molecular complexity index is 709. The van der Waals surface area contributed by atoms with Gasteiger partial charge in [0.25, 0.3) is 0 Å². The predicted octanol–water partition coefficient (Wildman–Crippen LogP) is 3.53. The van der Waals surface area contributed by atoms with Crippen molar-refractivity contribution in [3.05, 3.63) is 71.8 Å². The van der Waals surface area contributed by atoms with Crippen LogP contribution in [0.25, 0.3) is 0 Å². The number of hydrogen-bond acceptors (Lipinski definition) is 2. The van der Waals surface area contributed by atoms with Crippen LogP contribution in [0.4, 0.5) is 0 Å². The van der Waals surface area contributed by atoms with E-state index in [4.69, 9.17) is 0 Å². The van der Waals surface area contributed by atoms with Crippen molar-refractivity contribution in [1.82, 2.24) is 10.2 Å². The first-order valence-corrected chi connectivity index (χ1v) is 8.83. The number of nitrogens with zero attached hydrogens (tertiary/aromatic N) is 1. The van der Waals surface area contributed by atoms with Crippen molar-refractivity contribution in [2.45, 2.75) is 38.4 Å². The minimum Gasteiger partial charge on any atom is -0.336 e. The Morgan fingerprint density at radius 1 is 1.08 bits per heavy atom. The molecule has 24 heavy (non-hydrogen) atoms. The van der Waals surface area contributed by atoms with Crippen LogP contribution in [0.5, 0.6) is 0 Å². The van der Waals surface area contributed by atoms with Crippen molar-refractivity contribution in [1.29, 1.82) is 0 Å². The third-order valence-corrected chi connectivity index (χ3v) is 5.54. The van der Waals surface area contributed by atoms with E-state index in [1.165, 1.54) is 11.1 Å². The summed E-state index contributed by atoms with van der Waals surface area (Å²) in [5.74, 6) is 0.337. The average Bonchev–Trinajstić information content (AvgIpc) is 3.39. The van der Waals surface area contributed by atoms with Crippen LogP contribution in [0.2, 0.25) is 0 Å². The molecule has 1 unspecified atom stereocenters. The zero-order chi connectivity index (χ0) is 16.6. The molecule has 2 atom stereocenters. The van der Waals surface area contributed by atoms with Crippen molar-refractivity contribution in [2.24, 2.45) is 5.41 Å². The average molecular weight is 320 g/mol. The maximum absolute atomic E-state index is 12.9. The normalized spacial score (nSPS) is 22.8. The molecule has 0 radical (unpaired) electrons. The van der Waals surface area contributed by atoms with Crippen LogP contribution in [-0.4, -0.2) is 23.4 Å². The first kappa shape index (κ1) is 15.4. The number of hydrogen-bond donors (Lipinski definition) is 1. The van der Waals surface area contributed by atoms with Crippen molar-refractivity contribution < 1.29 is 4.79 Å². The Hall–Kier alpha value is -2.13.